The first-order valence-corrected chi connectivity index (χ1v) is 24.0. The summed E-state index contributed by atoms with van der Waals surface area (Å²) in [5.41, 5.74) is 17.3. The Hall–Kier alpha value is -7.20. The van der Waals surface area contributed by atoms with Crippen molar-refractivity contribution in [1.29, 1.82) is 0 Å². The molecule has 0 saturated carbocycles. The van der Waals surface area contributed by atoms with Crippen LogP contribution in [0.3, 0.4) is 0 Å². The van der Waals surface area contributed by atoms with Crippen molar-refractivity contribution in [2.45, 2.75) is 18.5 Å². The highest BCUT2D eigenvalue weighted by Gasteiger charge is 2.53. The fourth-order valence-electron chi connectivity index (χ4n) is 10.9. The third kappa shape index (κ3) is 4.81. The van der Waals surface area contributed by atoms with Gasteiger partial charge in [0, 0.05) is 27.8 Å². The van der Waals surface area contributed by atoms with Gasteiger partial charge in [-0.25, -0.2) is 0 Å². The van der Waals surface area contributed by atoms with Gasteiger partial charge in [0.05, 0.1) is 22.1 Å². The van der Waals surface area contributed by atoms with E-state index in [0.717, 1.165) is 17.1 Å². The Morgan fingerprint density at radius 1 is 0.400 bits per heavy atom. The normalized spacial score (nSPS) is 15.7. The van der Waals surface area contributed by atoms with Gasteiger partial charge in [-0.15, -0.1) is 0 Å². The van der Waals surface area contributed by atoms with E-state index in [-0.39, 0.29) is 0 Å². The smallest absolute Gasteiger partial charge is 0.113 e. The van der Waals surface area contributed by atoms with Gasteiger partial charge >= 0.3 is 0 Å². The molecule has 0 N–H and O–H groups in total. The number of hydrogen-bond acceptors (Lipinski definition) is 1. The lowest BCUT2D eigenvalue weighted by Crippen LogP contribution is -2.64. The molecule has 1 unspecified atom stereocenters. The Bertz CT molecular complexity index is 3230. The molecule has 3 heterocycles. The van der Waals surface area contributed by atoms with E-state index in [2.05, 4.69) is 241 Å². The molecule has 60 heavy (non-hydrogen) atoms. The molecular formula is C57H42N2Si. The number of aromatic nitrogens is 1. The molecule has 9 aromatic carbocycles. The zero-order valence-corrected chi connectivity index (χ0v) is 34.7. The maximum absolute atomic E-state index is 2.57. The second-order valence-corrected chi connectivity index (χ2v) is 21.1. The van der Waals surface area contributed by atoms with Crippen molar-refractivity contribution in [3.63, 3.8) is 0 Å². The lowest BCUT2D eigenvalue weighted by atomic mass is 9.62. The van der Waals surface area contributed by atoms with Crippen molar-refractivity contribution >= 4 is 57.3 Å². The van der Waals surface area contributed by atoms with Crippen LogP contribution in [0.4, 0.5) is 17.1 Å². The van der Waals surface area contributed by atoms with Crippen LogP contribution in [-0.2, 0) is 5.41 Å². The largest absolute Gasteiger partial charge is 0.311 e. The van der Waals surface area contributed by atoms with Crippen LogP contribution in [0, 0.1) is 0 Å². The Kier molecular flexibility index (Phi) is 7.63. The average Bonchev–Trinajstić information content (AvgIpc) is 3.65. The van der Waals surface area contributed by atoms with Gasteiger partial charge in [-0.3, -0.25) is 0 Å². The predicted octanol–water partition coefficient (Wildman–Crippen LogP) is 13.4. The number of anilines is 3. The molecule has 2 aliphatic heterocycles. The van der Waals surface area contributed by atoms with Crippen LogP contribution in [0.15, 0.2) is 218 Å². The van der Waals surface area contributed by atoms with Crippen LogP contribution in [0.5, 0.6) is 0 Å². The van der Waals surface area contributed by atoms with E-state index in [4.69, 9.17) is 0 Å². The number of para-hydroxylation sites is 5. The number of nitrogens with zero attached hydrogens (tertiary/aromatic N) is 2. The highest BCUT2D eigenvalue weighted by Crippen LogP contribution is 2.55. The molecular weight excluding hydrogens is 741 g/mol. The minimum Gasteiger partial charge on any atom is -0.311 e. The molecule has 0 radical (unpaired) electrons. The molecule has 0 aliphatic carbocycles. The van der Waals surface area contributed by atoms with E-state index < -0.39 is 13.5 Å². The van der Waals surface area contributed by atoms with Crippen molar-refractivity contribution in [2.75, 3.05) is 4.90 Å². The maximum Gasteiger partial charge on any atom is 0.113 e. The third-order valence-corrected chi connectivity index (χ3v) is 17.0. The molecule has 284 valence electrons. The fraction of sp³-hybridized carbons (Fsp3) is 0.0526. The molecule has 1 aromatic heterocycles. The van der Waals surface area contributed by atoms with Gasteiger partial charge in [0.15, 0.2) is 0 Å². The molecule has 0 saturated heterocycles. The SMILES string of the molecule is C[Si]1(C)c2ccccc2C2(c3ccccc3-n3c4ccccc4c4cccc2c43)c2cccc(-c3ccc(-c4ccc(N(c5ccccc5)c5ccccc5)cc4)cc3)c21. The van der Waals surface area contributed by atoms with Crippen LogP contribution in [-0.4, -0.2) is 12.6 Å². The molecule has 0 bridgehead atoms. The predicted molar refractivity (Wildman–Crippen MR) is 255 cm³/mol. The van der Waals surface area contributed by atoms with Gasteiger partial charge in [0.25, 0.3) is 0 Å². The van der Waals surface area contributed by atoms with Gasteiger partial charge < -0.3 is 9.47 Å². The second-order valence-electron chi connectivity index (χ2n) is 16.9. The summed E-state index contributed by atoms with van der Waals surface area (Å²) in [5.74, 6) is 0. The first-order valence-electron chi connectivity index (χ1n) is 21.0. The summed E-state index contributed by atoms with van der Waals surface area (Å²) in [5, 5.41) is 5.65. The summed E-state index contributed by atoms with van der Waals surface area (Å²) in [6.07, 6.45) is 0. The molecule has 2 nitrogen and oxygen atoms in total. The summed E-state index contributed by atoms with van der Waals surface area (Å²) < 4.78 is 2.54. The first kappa shape index (κ1) is 34.8. The highest BCUT2D eigenvalue weighted by atomic mass is 28.3. The second kappa shape index (κ2) is 13.2. The molecule has 1 spiro atoms. The topological polar surface area (TPSA) is 8.17 Å². The van der Waals surface area contributed by atoms with Gasteiger partial charge in [0.2, 0.25) is 0 Å². The zero-order chi connectivity index (χ0) is 40.0. The Morgan fingerprint density at radius 3 is 1.65 bits per heavy atom. The third-order valence-electron chi connectivity index (χ3n) is 13.4. The molecule has 3 heteroatoms. The summed E-state index contributed by atoms with van der Waals surface area (Å²) >= 11 is 0. The number of rotatable bonds is 5. The first-order chi connectivity index (χ1) is 29.5. The molecule has 12 rings (SSSR count). The number of hydrogen-bond donors (Lipinski definition) is 0. The van der Waals surface area contributed by atoms with Crippen molar-refractivity contribution in [3.05, 3.63) is 241 Å². The molecule has 10 aromatic rings. The van der Waals surface area contributed by atoms with Crippen LogP contribution in [0.25, 0.3) is 49.7 Å². The van der Waals surface area contributed by atoms with Crippen LogP contribution in [0.2, 0.25) is 13.1 Å². The van der Waals surface area contributed by atoms with Crippen molar-refractivity contribution in [1.82, 2.24) is 4.57 Å². The molecule has 2 aliphatic rings. The molecule has 0 amide bonds. The van der Waals surface area contributed by atoms with Crippen LogP contribution < -0.4 is 15.3 Å². The fourth-order valence-corrected chi connectivity index (χ4v) is 14.5. The molecule has 1 atom stereocenters. The van der Waals surface area contributed by atoms with Crippen LogP contribution in [0.1, 0.15) is 22.3 Å². The number of fused-ring (bicyclic) bond motifs is 11. The van der Waals surface area contributed by atoms with E-state index >= 15 is 0 Å². The summed E-state index contributed by atoms with van der Waals surface area (Å²) in [4.78, 5) is 2.31. The average molecular weight is 783 g/mol. The number of benzene rings is 9. The van der Waals surface area contributed by atoms with Gasteiger partial charge in [0.1, 0.15) is 8.07 Å². The van der Waals surface area contributed by atoms with E-state index in [0.29, 0.717) is 0 Å². The lowest BCUT2D eigenvalue weighted by Gasteiger charge is -2.50. The van der Waals surface area contributed by atoms with Crippen LogP contribution >= 0.6 is 0 Å². The van der Waals surface area contributed by atoms with Crippen molar-refractivity contribution in [2.24, 2.45) is 0 Å². The summed E-state index contributed by atoms with van der Waals surface area (Å²) in [7, 11) is -2.26. The molecule has 0 fully saturated rings. The Labute approximate surface area is 352 Å². The van der Waals surface area contributed by atoms with E-state index in [1.807, 2.05) is 0 Å². The minimum atomic E-state index is -2.26. The standard InChI is InChI=1S/C57H42N2Si/c1-60(2)54-30-14-11-25-49(54)57(48-24-10-13-29-53(48)59-52-28-12-9-21-46(52)47-23-16-26-50(57)55(47)59)51-27-15-22-45(56(51)60)41-33-31-39(32-34-41)40-35-37-44(38-36-40)58(42-17-5-3-6-18-42)43-19-7-4-8-20-43/h3-38H,1-2H3. The summed E-state index contributed by atoms with van der Waals surface area (Å²) in [6, 6.07) is 81.2. The minimum absolute atomic E-state index is 0.486. The maximum atomic E-state index is 2.57. The van der Waals surface area contributed by atoms with E-state index in [1.165, 1.54) is 82.4 Å². The lowest BCUT2D eigenvalue weighted by molar-refractivity contribution is 0.732. The van der Waals surface area contributed by atoms with E-state index in [9.17, 15) is 0 Å². The van der Waals surface area contributed by atoms with Gasteiger partial charge in [-0.1, -0.05) is 183 Å². The van der Waals surface area contributed by atoms with Gasteiger partial charge in [-0.2, -0.15) is 0 Å². The highest BCUT2D eigenvalue weighted by molar-refractivity contribution is 7.02. The van der Waals surface area contributed by atoms with Crippen molar-refractivity contribution in [3.8, 4) is 27.9 Å². The zero-order valence-electron chi connectivity index (χ0n) is 33.7. The van der Waals surface area contributed by atoms with Crippen molar-refractivity contribution < 1.29 is 0 Å². The Balaban J connectivity index is 1.02. The Morgan fingerprint density at radius 2 is 0.917 bits per heavy atom. The van der Waals surface area contributed by atoms with E-state index in [1.54, 1.807) is 0 Å². The monoisotopic (exact) mass is 782 g/mol. The quantitative estimate of drug-likeness (QED) is 0.158. The summed E-state index contributed by atoms with van der Waals surface area (Å²) in [6.45, 7) is 5.13. The van der Waals surface area contributed by atoms with Gasteiger partial charge in [-0.05, 0) is 103 Å².